The van der Waals surface area contributed by atoms with Crippen molar-refractivity contribution in [1.29, 1.82) is 0 Å². The largest absolute Gasteiger partial charge is 0.355 e. The van der Waals surface area contributed by atoms with E-state index < -0.39 is 0 Å². The van der Waals surface area contributed by atoms with Crippen molar-refractivity contribution in [3.05, 3.63) is 0 Å². The molecule has 0 aromatic carbocycles. The van der Waals surface area contributed by atoms with E-state index in [0.717, 1.165) is 38.0 Å². The summed E-state index contributed by atoms with van der Waals surface area (Å²) >= 11 is 0. The maximum Gasteiger partial charge on any atom is 0.237 e. The molecule has 0 aromatic rings. The maximum absolute atomic E-state index is 12.0. The van der Waals surface area contributed by atoms with Crippen LogP contribution in [0.5, 0.6) is 0 Å². The Kier molecular flexibility index (Phi) is 5.64. The van der Waals surface area contributed by atoms with E-state index in [0.29, 0.717) is 0 Å². The molecule has 0 aromatic heterocycles. The summed E-state index contributed by atoms with van der Waals surface area (Å²) in [6.07, 6.45) is 6.16. The summed E-state index contributed by atoms with van der Waals surface area (Å²) in [7, 11) is 0. The minimum atomic E-state index is 0.0315. The topological polar surface area (TPSA) is 44.4 Å². The van der Waals surface area contributed by atoms with Crippen molar-refractivity contribution >= 4 is 5.91 Å². The Labute approximate surface area is 117 Å². The molecule has 2 rings (SSSR count). The predicted molar refractivity (Wildman–Crippen MR) is 78.1 cm³/mol. The molecule has 0 aliphatic carbocycles. The zero-order valence-corrected chi connectivity index (χ0v) is 12.5. The Morgan fingerprint density at radius 2 is 2.11 bits per heavy atom. The van der Waals surface area contributed by atoms with Crippen molar-refractivity contribution in [1.82, 2.24) is 15.5 Å². The lowest BCUT2D eigenvalue weighted by Crippen LogP contribution is -2.50. The Hall–Kier alpha value is -0.610. The van der Waals surface area contributed by atoms with Crippen LogP contribution in [-0.2, 0) is 4.79 Å². The second-order valence-corrected chi connectivity index (χ2v) is 6.04. The van der Waals surface area contributed by atoms with Crippen molar-refractivity contribution in [2.24, 2.45) is 5.92 Å². The fraction of sp³-hybridized carbons (Fsp3) is 0.933. The highest BCUT2D eigenvalue weighted by atomic mass is 16.2. The van der Waals surface area contributed by atoms with Gasteiger partial charge in [-0.05, 0) is 64.6 Å². The molecule has 4 nitrogen and oxygen atoms in total. The van der Waals surface area contributed by atoms with Gasteiger partial charge in [0.15, 0.2) is 0 Å². The predicted octanol–water partition coefficient (Wildman–Crippen LogP) is 1.37. The van der Waals surface area contributed by atoms with Gasteiger partial charge in [0, 0.05) is 12.6 Å². The molecule has 19 heavy (non-hydrogen) atoms. The minimum Gasteiger partial charge on any atom is -0.355 e. The summed E-state index contributed by atoms with van der Waals surface area (Å²) in [5.74, 6) is 1.02. The summed E-state index contributed by atoms with van der Waals surface area (Å²) in [4.78, 5) is 14.3. The molecular weight excluding hydrogens is 238 g/mol. The van der Waals surface area contributed by atoms with E-state index in [9.17, 15) is 4.79 Å². The Bertz CT molecular complexity index is 281. The van der Waals surface area contributed by atoms with Crippen LogP contribution in [0.1, 0.15) is 46.0 Å². The van der Waals surface area contributed by atoms with Gasteiger partial charge in [0.05, 0.1) is 6.04 Å². The van der Waals surface area contributed by atoms with Crippen molar-refractivity contribution in [2.45, 2.75) is 58.0 Å². The number of piperidine rings is 1. The fourth-order valence-corrected chi connectivity index (χ4v) is 3.38. The van der Waals surface area contributed by atoms with E-state index in [1.807, 2.05) is 6.92 Å². The number of carbonyl (C=O) groups is 1. The first-order valence-electron chi connectivity index (χ1n) is 7.97. The van der Waals surface area contributed by atoms with Gasteiger partial charge in [0.1, 0.15) is 0 Å². The molecule has 2 heterocycles. The second kappa shape index (κ2) is 7.25. The molecule has 4 heteroatoms. The molecule has 2 unspecified atom stereocenters. The number of likely N-dealkylation sites (tertiary alicyclic amines) is 1. The highest BCUT2D eigenvalue weighted by Gasteiger charge is 2.31. The molecule has 2 aliphatic rings. The summed E-state index contributed by atoms with van der Waals surface area (Å²) in [5, 5.41) is 6.63. The van der Waals surface area contributed by atoms with Crippen LogP contribution in [0, 0.1) is 5.92 Å². The summed E-state index contributed by atoms with van der Waals surface area (Å²) in [5.41, 5.74) is 0. The second-order valence-electron chi connectivity index (χ2n) is 6.04. The standard InChI is InChI=1S/C15H29N3O/c1-3-8-17-15(19)12(2)18-10-6-13(7-11-18)14-5-4-9-16-14/h12-14,16H,3-11H2,1-2H3,(H,17,19). The highest BCUT2D eigenvalue weighted by molar-refractivity contribution is 5.81. The third-order valence-electron chi connectivity index (χ3n) is 4.72. The van der Waals surface area contributed by atoms with E-state index in [4.69, 9.17) is 0 Å². The van der Waals surface area contributed by atoms with Crippen LogP contribution in [0.3, 0.4) is 0 Å². The maximum atomic E-state index is 12.0. The van der Waals surface area contributed by atoms with Crippen LogP contribution in [0.4, 0.5) is 0 Å². The van der Waals surface area contributed by atoms with E-state index in [1.165, 1.54) is 32.2 Å². The molecule has 2 saturated heterocycles. The SMILES string of the molecule is CCCNC(=O)C(C)N1CCC(C2CCCN2)CC1. The van der Waals surface area contributed by atoms with E-state index in [2.05, 4.69) is 22.5 Å². The number of nitrogens with one attached hydrogen (secondary N) is 2. The van der Waals surface area contributed by atoms with Gasteiger partial charge in [-0.15, -0.1) is 0 Å². The molecule has 0 bridgehead atoms. The number of hydrogen-bond acceptors (Lipinski definition) is 3. The van der Waals surface area contributed by atoms with Gasteiger partial charge < -0.3 is 10.6 Å². The molecule has 2 aliphatic heterocycles. The Balaban J connectivity index is 1.74. The zero-order valence-electron chi connectivity index (χ0n) is 12.5. The fourth-order valence-electron chi connectivity index (χ4n) is 3.38. The van der Waals surface area contributed by atoms with Crippen LogP contribution in [0.25, 0.3) is 0 Å². The van der Waals surface area contributed by atoms with Gasteiger partial charge in [-0.1, -0.05) is 6.92 Å². The molecular formula is C15H29N3O. The average Bonchev–Trinajstić information content (AvgIpc) is 2.98. The quantitative estimate of drug-likeness (QED) is 0.790. The van der Waals surface area contributed by atoms with Gasteiger partial charge >= 0.3 is 0 Å². The molecule has 2 fully saturated rings. The molecule has 0 saturated carbocycles. The van der Waals surface area contributed by atoms with Crippen LogP contribution in [-0.4, -0.2) is 49.1 Å². The van der Waals surface area contributed by atoms with Crippen molar-refractivity contribution in [3.63, 3.8) is 0 Å². The normalized spacial score (nSPS) is 27.4. The van der Waals surface area contributed by atoms with Crippen LogP contribution in [0.2, 0.25) is 0 Å². The number of hydrogen-bond donors (Lipinski definition) is 2. The lowest BCUT2D eigenvalue weighted by atomic mass is 9.88. The van der Waals surface area contributed by atoms with Gasteiger partial charge in [-0.2, -0.15) is 0 Å². The number of amides is 1. The average molecular weight is 267 g/mol. The van der Waals surface area contributed by atoms with Crippen LogP contribution >= 0.6 is 0 Å². The molecule has 2 N–H and O–H groups in total. The Morgan fingerprint density at radius 1 is 1.37 bits per heavy atom. The molecule has 110 valence electrons. The summed E-state index contributed by atoms with van der Waals surface area (Å²) < 4.78 is 0. The smallest absolute Gasteiger partial charge is 0.237 e. The van der Waals surface area contributed by atoms with Gasteiger partial charge in [-0.3, -0.25) is 9.69 Å². The zero-order chi connectivity index (χ0) is 13.7. The number of carbonyl (C=O) groups excluding carboxylic acids is 1. The van der Waals surface area contributed by atoms with E-state index in [1.54, 1.807) is 0 Å². The lowest BCUT2D eigenvalue weighted by molar-refractivity contribution is -0.126. The van der Waals surface area contributed by atoms with Gasteiger partial charge in [0.25, 0.3) is 0 Å². The van der Waals surface area contributed by atoms with Gasteiger partial charge in [0.2, 0.25) is 5.91 Å². The van der Waals surface area contributed by atoms with Gasteiger partial charge in [-0.25, -0.2) is 0 Å². The summed E-state index contributed by atoms with van der Waals surface area (Å²) in [6, 6.07) is 0.774. The minimum absolute atomic E-state index is 0.0315. The highest BCUT2D eigenvalue weighted by Crippen LogP contribution is 2.26. The van der Waals surface area contributed by atoms with E-state index >= 15 is 0 Å². The van der Waals surface area contributed by atoms with Crippen molar-refractivity contribution in [2.75, 3.05) is 26.2 Å². The third-order valence-corrected chi connectivity index (χ3v) is 4.72. The van der Waals surface area contributed by atoms with Crippen molar-refractivity contribution in [3.8, 4) is 0 Å². The Morgan fingerprint density at radius 3 is 2.68 bits per heavy atom. The van der Waals surface area contributed by atoms with E-state index in [-0.39, 0.29) is 11.9 Å². The first-order valence-corrected chi connectivity index (χ1v) is 7.97. The third kappa shape index (κ3) is 3.93. The number of nitrogens with zero attached hydrogens (tertiary/aromatic N) is 1. The van der Waals surface area contributed by atoms with Crippen LogP contribution < -0.4 is 10.6 Å². The first-order chi connectivity index (χ1) is 9.22. The molecule has 1 amide bonds. The summed E-state index contributed by atoms with van der Waals surface area (Å²) in [6.45, 7) is 8.27. The van der Waals surface area contributed by atoms with Crippen molar-refractivity contribution < 1.29 is 4.79 Å². The molecule has 0 radical (unpaired) electrons. The first kappa shape index (κ1) is 14.8. The monoisotopic (exact) mass is 267 g/mol. The number of rotatable bonds is 5. The van der Waals surface area contributed by atoms with Crippen LogP contribution in [0.15, 0.2) is 0 Å². The molecule has 0 spiro atoms. The lowest BCUT2D eigenvalue weighted by Gasteiger charge is -2.37. The molecule has 2 atom stereocenters.